The number of para-hydroxylation sites is 1. The van der Waals surface area contributed by atoms with Crippen molar-refractivity contribution in [2.45, 2.75) is 57.3 Å². The number of hydrogen-bond acceptors (Lipinski definition) is 1. The van der Waals surface area contributed by atoms with Crippen LogP contribution in [0.25, 0.3) is 55.6 Å². The minimum absolute atomic E-state index is 0.171. The normalized spacial score (nSPS) is 14.4. The fourth-order valence-corrected chi connectivity index (χ4v) is 9.97. The first-order valence-corrected chi connectivity index (χ1v) is 21.1. The molecule has 0 saturated heterocycles. The number of anilines is 3. The number of benzene rings is 8. The van der Waals surface area contributed by atoms with Gasteiger partial charge in [0.25, 0.3) is 0 Å². The van der Waals surface area contributed by atoms with Crippen molar-refractivity contribution in [3.63, 3.8) is 0 Å². The predicted molar refractivity (Wildman–Crippen MR) is 246 cm³/mol. The third-order valence-corrected chi connectivity index (χ3v) is 12.9. The van der Waals surface area contributed by atoms with E-state index in [-0.39, 0.29) is 5.41 Å². The van der Waals surface area contributed by atoms with Crippen LogP contribution >= 0.6 is 0 Å². The SMILES string of the molecule is CC1(C)c2cc(N(c3ccc(C4CCCCC4)cc3)c3ccccc3-c3ccccc3-c3ccccc3-c3ccccc3)ccc2-c2c(-c3ccccc3)cccc21. The minimum Gasteiger partial charge on any atom is -0.310 e. The molecule has 0 atom stereocenters. The molecule has 58 heavy (non-hydrogen) atoms. The molecule has 2 aliphatic carbocycles. The Morgan fingerprint density at radius 3 is 1.59 bits per heavy atom. The Morgan fingerprint density at radius 1 is 0.397 bits per heavy atom. The summed E-state index contributed by atoms with van der Waals surface area (Å²) in [6, 6.07) is 72.1. The molecule has 1 saturated carbocycles. The monoisotopic (exact) mass is 747 g/mol. The smallest absolute Gasteiger partial charge is 0.0540 e. The van der Waals surface area contributed by atoms with Gasteiger partial charge in [-0.25, -0.2) is 0 Å². The predicted octanol–water partition coefficient (Wildman–Crippen LogP) is 16.2. The molecule has 0 unspecified atom stereocenters. The van der Waals surface area contributed by atoms with Gasteiger partial charge in [-0.2, -0.15) is 0 Å². The number of fused-ring (bicyclic) bond motifs is 3. The Hall–Kier alpha value is -6.44. The van der Waals surface area contributed by atoms with Crippen LogP contribution in [-0.2, 0) is 5.41 Å². The maximum atomic E-state index is 2.51. The van der Waals surface area contributed by atoms with Crippen molar-refractivity contribution >= 4 is 17.1 Å². The summed E-state index contributed by atoms with van der Waals surface area (Å²) >= 11 is 0. The fourth-order valence-electron chi connectivity index (χ4n) is 9.97. The van der Waals surface area contributed by atoms with Crippen molar-refractivity contribution < 1.29 is 0 Å². The van der Waals surface area contributed by atoms with Gasteiger partial charge in [0.1, 0.15) is 0 Å². The van der Waals surface area contributed by atoms with Gasteiger partial charge in [-0.15, -0.1) is 0 Å². The van der Waals surface area contributed by atoms with Gasteiger partial charge >= 0.3 is 0 Å². The summed E-state index contributed by atoms with van der Waals surface area (Å²) in [5, 5.41) is 0. The Morgan fingerprint density at radius 2 is 0.914 bits per heavy atom. The van der Waals surface area contributed by atoms with Crippen LogP contribution in [0.15, 0.2) is 194 Å². The molecule has 0 amide bonds. The van der Waals surface area contributed by atoms with Crippen LogP contribution in [0, 0.1) is 0 Å². The molecule has 10 rings (SSSR count). The molecular weight excluding hydrogens is 699 g/mol. The maximum absolute atomic E-state index is 2.51. The molecule has 8 aromatic carbocycles. The highest BCUT2D eigenvalue weighted by molar-refractivity contribution is 5.98. The van der Waals surface area contributed by atoms with E-state index < -0.39 is 0 Å². The Kier molecular flexibility index (Phi) is 9.38. The first kappa shape index (κ1) is 35.9. The summed E-state index contributed by atoms with van der Waals surface area (Å²) in [6.45, 7) is 4.79. The van der Waals surface area contributed by atoms with E-state index in [1.54, 1.807) is 0 Å². The molecular formula is C57H49N. The summed E-state index contributed by atoms with van der Waals surface area (Å²) in [5.74, 6) is 0.651. The van der Waals surface area contributed by atoms with Gasteiger partial charge in [-0.1, -0.05) is 197 Å². The fraction of sp³-hybridized carbons (Fsp3) is 0.158. The van der Waals surface area contributed by atoms with Crippen molar-refractivity contribution in [1.82, 2.24) is 0 Å². The molecule has 0 aliphatic heterocycles. The number of rotatable bonds is 8. The lowest BCUT2D eigenvalue weighted by Crippen LogP contribution is -2.17. The van der Waals surface area contributed by atoms with E-state index in [1.165, 1.54) is 116 Å². The van der Waals surface area contributed by atoms with Gasteiger partial charge in [0.05, 0.1) is 5.69 Å². The highest BCUT2D eigenvalue weighted by Gasteiger charge is 2.37. The summed E-state index contributed by atoms with van der Waals surface area (Å²) < 4.78 is 0. The molecule has 1 heteroatoms. The molecule has 1 nitrogen and oxygen atoms in total. The molecule has 8 aromatic rings. The summed E-state index contributed by atoms with van der Waals surface area (Å²) in [7, 11) is 0. The largest absolute Gasteiger partial charge is 0.310 e. The molecule has 1 fully saturated rings. The molecule has 0 heterocycles. The zero-order chi connectivity index (χ0) is 39.1. The quantitative estimate of drug-likeness (QED) is 0.150. The van der Waals surface area contributed by atoms with Crippen molar-refractivity contribution in [2.24, 2.45) is 0 Å². The van der Waals surface area contributed by atoms with E-state index in [1.807, 2.05) is 0 Å². The molecule has 2 aliphatic rings. The topological polar surface area (TPSA) is 3.24 Å². The van der Waals surface area contributed by atoms with Gasteiger partial charge < -0.3 is 4.90 Å². The zero-order valence-corrected chi connectivity index (χ0v) is 33.5. The Labute approximate surface area is 344 Å². The standard InChI is InChI=1S/C57H49N/c1-57(2)53-31-18-30-47(43-23-10-5-11-24-43)56(53)52-38-37-45(39-54(52)57)58(44-35-33-41(34-36-44)40-19-6-3-7-20-40)55-32-17-16-29-51(55)50-28-15-14-27-49(50)48-26-13-12-25-46(48)42-21-8-4-9-22-42/h4-5,8-18,21-40H,3,6-7,19-20H2,1-2H3. The molecule has 0 radical (unpaired) electrons. The lowest BCUT2D eigenvalue weighted by Gasteiger charge is -2.31. The average molecular weight is 748 g/mol. The van der Waals surface area contributed by atoms with E-state index in [2.05, 4.69) is 213 Å². The highest BCUT2D eigenvalue weighted by atomic mass is 15.1. The van der Waals surface area contributed by atoms with E-state index in [0.29, 0.717) is 5.92 Å². The van der Waals surface area contributed by atoms with Crippen molar-refractivity contribution in [3.8, 4) is 55.6 Å². The second kappa shape index (κ2) is 15.1. The van der Waals surface area contributed by atoms with E-state index in [9.17, 15) is 0 Å². The van der Waals surface area contributed by atoms with Gasteiger partial charge in [0.2, 0.25) is 0 Å². The molecule has 0 N–H and O–H groups in total. The maximum Gasteiger partial charge on any atom is 0.0540 e. The second-order valence-electron chi connectivity index (χ2n) is 16.7. The van der Waals surface area contributed by atoms with Crippen LogP contribution in [0.3, 0.4) is 0 Å². The highest BCUT2D eigenvalue weighted by Crippen LogP contribution is 2.54. The zero-order valence-electron chi connectivity index (χ0n) is 33.5. The van der Waals surface area contributed by atoms with Gasteiger partial charge in [-0.05, 0) is 116 Å². The second-order valence-corrected chi connectivity index (χ2v) is 16.7. The summed E-state index contributed by atoms with van der Waals surface area (Å²) in [5.41, 5.74) is 20.1. The molecule has 0 spiro atoms. The third kappa shape index (κ3) is 6.36. The first-order chi connectivity index (χ1) is 28.6. The summed E-state index contributed by atoms with van der Waals surface area (Å²) in [6.07, 6.45) is 6.61. The minimum atomic E-state index is -0.171. The van der Waals surface area contributed by atoms with Crippen LogP contribution in [0.1, 0.15) is 68.6 Å². The van der Waals surface area contributed by atoms with Crippen LogP contribution in [0.2, 0.25) is 0 Å². The van der Waals surface area contributed by atoms with Gasteiger partial charge in [0, 0.05) is 22.4 Å². The van der Waals surface area contributed by atoms with E-state index >= 15 is 0 Å². The third-order valence-electron chi connectivity index (χ3n) is 12.9. The molecule has 0 bridgehead atoms. The summed E-state index contributed by atoms with van der Waals surface area (Å²) in [4.78, 5) is 2.51. The average Bonchev–Trinajstić information content (AvgIpc) is 3.53. The van der Waals surface area contributed by atoms with Crippen LogP contribution < -0.4 is 4.90 Å². The van der Waals surface area contributed by atoms with Crippen LogP contribution in [-0.4, -0.2) is 0 Å². The van der Waals surface area contributed by atoms with E-state index in [0.717, 1.165) is 5.69 Å². The van der Waals surface area contributed by atoms with Gasteiger partial charge in [0.15, 0.2) is 0 Å². The van der Waals surface area contributed by atoms with Crippen molar-refractivity contribution in [3.05, 3.63) is 211 Å². The van der Waals surface area contributed by atoms with E-state index in [4.69, 9.17) is 0 Å². The van der Waals surface area contributed by atoms with Crippen LogP contribution in [0.4, 0.5) is 17.1 Å². The van der Waals surface area contributed by atoms with Gasteiger partial charge in [-0.3, -0.25) is 0 Å². The first-order valence-electron chi connectivity index (χ1n) is 21.1. The number of hydrogen-bond donors (Lipinski definition) is 0. The number of nitrogens with zero attached hydrogens (tertiary/aromatic N) is 1. The molecule has 0 aromatic heterocycles. The van der Waals surface area contributed by atoms with Crippen LogP contribution in [0.5, 0.6) is 0 Å². The Bertz CT molecular complexity index is 2720. The lowest BCUT2D eigenvalue weighted by molar-refractivity contribution is 0.443. The Balaban J connectivity index is 1.15. The molecule has 282 valence electrons. The lowest BCUT2D eigenvalue weighted by atomic mass is 9.81. The van der Waals surface area contributed by atoms with Crippen molar-refractivity contribution in [2.75, 3.05) is 4.90 Å². The van der Waals surface area contributed by atoms with Crippen molar-refractivity contribution in [1.29, 1.82) is 0 Å².